The molecule has 6 nitrogen and oxygen atoms in total. The number of ether oxygens (including phenoxy) is 1. The van der Waals surface area contributed by atoms with Gasteiger partial charge in [0, 0.05) is 6.08 Å². The minimum Gasteiger partial charge on any atom is -0.504 e. The maximum atomic E-state index is 12.1. The molecule has 0 spiro atoms. The summed E-state index contributed by atoms with van der Waals surface area (Å²) in [6.07, 6.45) is 3.26. The molecule has 2 aromatic carbocycles. The number of aromatic hydroxyl groups is 1. The van der Waals surface area contributed by atoms with Crippen molar-refractivity contribution < 1.29 is 19.4 Å². The number of nitrogens with one attached hydrogen (secondary N) is 2. The van der Waals surface area contributed by atoms with E-state index in [2.05, 4.69) is 10.6 Å². The van der Waals surface area contributed by atoms with Crippen LogP contribution in [0.3, 0.4) is 0 Å². The standard InChI is InChI=1S/C18H16N2O4/c1-24-15-7-5-11(9-14(15)21)6-8-16(22)19-13-4-2-3-12-10-17(23)20-18(12)13/h2-9,21H,10H2,1H3,(H,19,22)(H,20,23)/b8-6+. The van der Waals surface area contributed by atoms with Gasteiger partial charge in [-0.2, -0.15) is 0 Å². The van der Waals surface area contributed by atoms with E-state index < -0.39 is 0 Å². The van der Waals surface area contributed by atoms with E-state index in [-0.39, 0.29) is 17.6 Å². The molecule has 0 aliphatic carbocycles. The van der Waals surface area contributed by atoms with Crippen molar-refractivity contribution in [1.29, 1.82) is 0 Å². The Labute approximate surface area is 138 Å². The third kappa shape index (κ3) is 3.22. The zero-order chi connectivity index (χ0) is 17.1. The van der Waals surface area contributed by atoms with Crippen LogP contribution in [0.1, 0.15) is 11.1 Å². The van der Waals surface area contributed by atoms with E-state index in [4.69, 9.17) is 4.74 Å². The Bertz CT molecular complexity index is 843. The molecular formula is C18H16N2O4. The van der Waals surface area contributed by atoms with Gasteiger partial charge in [0.15, 0.2) is 11.5 Å². The fraction of sp³-hybridized carbons (Fsp3) is 0.111. The first-order valence-electron chi connectivity index (χ1n) is 7.34. The van der Waals surface area contributed by atoms with Crippen LogP contribution in [0.15, 0.2) is 42.5 Å². The van der Waals surface area contributed by atoms with Crippen LogP contribution in [-0.4, -0.2) is 24.0 Å². The van der Waals surface area contributed by atoms with Gasteiger partial charge in [0.05, 0.1) is 24.9 Å². The van der Waals surface area contributed by atoms with Crippen LogP contribution in [0.5, 0.6) is 11.5 Å². The first-order chi connectivity index (χ1) is 11.6. The summed E-state index contributed by atoms with van der Waals surface area (Å²) in [6, 6.07) is 10.2. The van der Waals surface area contributed by atoms with Gasteiger partial charge in [-0.1, -0.05) is 18.2 Å². The minimum atomic E-state index is -0.333. The monoisotopic (exact) mass is 324 g/mol. The van der Waals surface area contributed by atoms with Crippen LogP contribution in [0.4, 0.5) is 11.4 Å². The average molecular weight is 324 g/mol. The molecule has 3 N–H and O–H groups in total. The van der Waals surface area contributed by atoms with Gasteiger partial charge in [0.1, 0.15) is 0 Å². The number of anilines is 2. The quantitative estimate of drug-likeness (QED) is 0.754. The number of amides is 2. The van der Waals surface area contributed by atoms with Crippen LogP contribution >= 0.6 is 0 Å². The van der Waals surface area contributed by atoms with E-state index in [0.717, 1.165) is 5.56 Å². The van der Waals surface area contributed by atoms with Crippen molar-refractivity contribution in [2.45, 2.75) is 6.42 Å². The highest BCUT2D eigenvalue weighted by Crippen LogP contribution is 2.31. The molecule has 0 unspecified atom stereocenters. The maximum absolute atomic E-state index is 12.1. The molecule has 1 heterocycles. The molecule has 122 valence electrons. The number of phenols is 1. The Morgan fingerprint density at radius 3 is 2.92 bits per heavy atom. The van der Waals surface area contributed by atoms with Crippen molar-refractivity contribution in [2.24, 2.45) is 0 Å². The van der Waals surface area contributed by atoms with Crippen molar-refractivity contribution in [3.05, 3.63) is 53.6 Å². The van der Waals surface area contributed by atoms with E-state index in [1.807, 2.05) is 6.07 Å². The summed E-state index contributed by atoms with van der Waals surface area (Å²) in [4.78, 5) is 23.5. The number of hydrogen-bond acceptors (Lipinski definition) is 4. The zero-order valence-corrected chi connectivity index (χ0v) is 13.0. The number of phenolic OH excluding ortho intramolecular Hbond substituents is 1. The lowest BCUT2D eigenvalue weighted by molar-refractivity contribution is -0.115. The highest BCUT2D eigenvalue weighted by Gasteiger charge is 2.20. The Balaban J connectivity index is 1.72. The molecule has 1 aliphatic heterocycles. The molecule has 3 rings (SSSR count). The number of methoxy groups -OCH3 is 1. The van der Waals surface area contributed by atoms with Gasteiger partial charge in [-0.15, -0.1) is 0 Å². The second-order valence-corrected chi connectivity index (χ2v) is 5.32. The molecule has 24 heavy (non-hydrogen) atoms. The zero-order valence-electron chi connectivity index (χ0n) is 13.0. The maximum Gasteiger partial charge on any atom is 0.248 e. The predicted octanol–water partition coefficient (Wildman–Crippen LogP) is 2.55. The summed E-state index contributed by atoms with van der Waals surface area (Å²) in [7, 11) is 1.47. The van der Waals surface area contributed by atoms with Crippen LogP contribution in [0.25, 0.3) is 6.08 Å². The minimum absolute atomic E-state index is 0.00338. The van der Waals surface area contributed by atoms with E-state index in [1.54, 1.807) is 30.3 Å². The third-order valence-corrected chi connectivity index (χ3v) is 3.65. The van der Waals surface area contributed by atoms with Crippen molar-refractivity contribution in [3.8, 4) is 11.5 Å². The summed E-state index contributed by atoms with van der Waals surface area (Å²) in [6.45, 7) is 0. The fourth-order valence-electron chi connectivity index (χ4n) is 2.51. The van der Waals surface area contributed by atoms with Gasteiger partial charge in [0.25, 0.3) is 0 Å². The largest absolute Gasteiger partial charge is 0.504 e. The van der Waals surface area contributed by atoms with E-state index >= 15 is 0 Å². The Hall–Kier alpha value is -3.28. The molecule has 0 saturated carbocycles. The molecule has 0 radical (unpaired) electrons. The summed E-state index contributed by atoms with van der Waals surface area (Å²) >= 11 is 0. The number of carbonyl (C=O) groups is 2. The highest BCUT2D eigenvalue weighted by molar-refractivity contribution is 6.08. The van der Waals surface area contributed by atoms with Gasteiger partial charge < -0.3 is 20.5 Å². The van der Waals surface area contributed by atoms with Gasteiger partial charge in [-0.05, 0) is 35.4 Å². The topological polar surface area (TPSA) is 87.7 Å². The molecule has 1 aliphatic rings. The Morgan fingerprint density at radius 1 is 1.33 bits per heavy atom. The number of rotatable bonds is 4. The second kappa shape index (κ2) is 6.45. The fourth-order valence-corrected chi connectivity index (χ4v) is 2.51. The molecule has 2 aromatic rings. The smallest absolute Gasteiger partial charge is 0.248 e. The van der Waals surface area contributed by atoms with E-state index in [9.17, 15) is 14.7 Å². The molecule has 0 fully saturated rings. The Kier molecular flexibility index (Phi) is 4.20. The van der Waals surface area contributed by atoms with Gasteiger partial charge in [-0.25, -0.2) is 0 Å². The van der Waals surface area contributed by atoms with Gasteiger partial charge in [-0.3, -0.25) is 9.59 Å². The summed E-state index contributed by atoms with van der Waals surface area (Å²) in [5.41, 5.74) is 2.73. The molecule has 2 amide bonds. The van der Waals surface area contributed by atoms with Crippen LogP contribution in [0.2, 0.25) is 0 Å². The number of hydrogen-bond donors (Lipinski definition) is 3. The molecule has 0 saturated heterocycles. The van der Waals surface area contributed by atoms with Crippen molar-refractivity contribution in [1.82, 2.24) is 0 Å². The number of benzene rings is 2. The van der Waals surface area contributed by atoms with Gasteiger partial charge >= 0.3 is 0 Å². The summed E-state index contributed by atoms with van der Waals surface area (Å²) in [5.74, 6) is -0.0494. The van der Waals surface area contributed by atoms with E-state index in [1.165, 1.54) is 19.3 Å². The van der Waals surface area contributed by atoms with Crippen molar-refractivity contribution in [3.63, 3.8) is 0 Å². The van der Waals surface area contributed by atoms with Crippen LogP contribution < -0.4 is 15.4 Å². The number of fused-ring (bicyclic) bond motifs is 1. The second-order valence-electron chi connectivity index (χ2n) is 5.32. The third-order valence-electron chi connectivity index (χ3n) is 3.65. The predicted molar refractivity (Wildman–Crippen MR) is 91.1 cm³/mol. The summed E-state index contributed by atoms with van der Waals surface area (Å²) in [5, 5.41) is 15.2. The molecule has 0 bridgehead atoms. The number of para-hydroxylation sites is 1. The van der Waals surface area contributed by atoms with Crippen LogP contribution in [-0.2, 0) is 16.0 Å². The molecule has 0 aromatic heterocycles. The molecule has 6 heteroatoms. The lowest BCUT2D eigenvalue weighted by atomic mass is 10.1. The normalized spacial score (nSPS) is 12.8. The number of carbonyl (C=O) groups excluding carboxylic acids is 2. The van der Waals surface area contributed by atoms with Gasteiger partial charge in [0.2, 0.25) is 11.8 Å². The lowest BCUT2D eigenvalue weighted by Gasteiger charge is -2.08. The molecule has 0 atom stereocenters. The highest BCUT2D eigenvalue weighted by atomic mass is 16.5. The molecular weight excluding hydrogens is 308 g/mol. The lowest BCUT2D eigenvalue weighted by Crippen LogP contribution is -2.10. The summed E-state index contributed by atoms with van der Waals surface area (Å²) < 4.78 is 4.97. The first kappa shape index (κ1) is 15.6. The van der Waals surface area contributed by atoms with Crippen molar-refractivity contribution in [2.75, 3.05) is 17.7 Å². The average Bonchev–Trinajstić information content (AvgIpc) is 2.94. The SMILES string of the molecule is COc1ccc(/C=C/C(=O)Nc2cccc3c2NC(=O)C3)cc1O. The van der Waals surface area contributed by atoms with E-state index in [0.29, 0.717) is 29.1 Å². The van der Waals surface area contributed by atoms with Crippen LogP contribution in [0, 0.1) is 0 Å². The first-order valence-corrected chi connectivity index (χ1v) is 7.34. The van der Waals surface area contributed by atoms with Crippen molar-refractivity contribution >= 4 is 29.3 Å². The Morgan fingerprint density at radius 2 is 2.17 bits per heavy atom.